The molecule has 2 rings (SSSR count). The molecule has 2 heteroatoms. The molecule has 0 saturated heterocycles. The van der Waals surface area contributed by atoms with E-state index in [1.807, 2.05) is 25.1 Å². The first-order chi connectivity index (χ1) is 7.24. The van der Waals surface area contributed by atoms with E-state index in [0.717, 1.165) is 17.5 Å². The van der Waals surface area contributed by atoms with Crippen molar-refractivity contribution in [3.8, 4) is 0 Å². The summed E-state index contributed by atoms with van der Waals surface area (Å²) in [6.07, 6.45) is 3.08. The Hall–Kier alpha value is -1.57. The molecule has 0 aliphatic heterocycles. The third-order valence-corrected chi connectivity index (χ3v) is 2.72. The zero-order valence-corrected chi connectivity index (χ0v) is 8.82. The maximum absolute atomic E-state index is 11.1. The van der Waals surface area contributed by atoms with Crippen molar-refractivity contribution in [2.45, 2.75) is 25.9 Å². The van der Waals surface area contributed by atoms with E-state index in [1.165, 1.54) is 5.56 Å². The topological polar surface area (TPSA) is 26.3 Å². The van der Waals surface area contributed by atoms with Crippen molar-refractivity contribution in [3.63, 3.8) is 0 Å². The molecule has 1 aliphatic carbocycles. The number of fused-ring (bicyclic) bond motifs is 1. The fraction of sp³-hybridized carbons (Fsp3) is 0.308. The van der Waals surface area contributed by atoms with Crippen molar-refractivity contribution >= 4 is 12.0 Å². The number of hydrogen-bond donors (Lipinski definition) is 0. The van der Waals surface area contributed by atoms with E-state index in [1.54, 1.807) is 0 Å². The summed E-state index contributed by atoms with van der Waals surface area (Å²) in [5.74, 6) is -0.126. The molecule has 0 fully saturated rings. The Bertz CT molecular complexity index is 407. The van der Waals surface area contributed by atoms with E-state index in [9.17, 15) is 4.79 Å². The van der Waals surface area contributed by atoms with Crippen LogP contribution in [0.25, 0.3) is 6.08 Å². The zero-order chi connectivity index (χ0) is 10.8. The van der Waals surface area contributed by atoms with Crippen LogP contribution in [-0.4, -0.2) is 5.97 Å². The van der Waals surface area contributed by atoms with Crippen LogP contribution in [0, 0.1) is 0 Å². The second-order valence-electron chi connectivity index (χ2n) is 3.70. The first kappa shape index (κ1) is 9.97. The molecule has 1 aliphatic rings. The van der Waals surface area contributed by atoms with E-state index < -0.39 is 0 Å². The van der Waals surface area contributed by atoms with Crippen LogP contribution in [0.3, 0.4) is 0 Å². The van der Waals surface area contributed by atoms with Gasteiger partial charge in [-0.05, 0) is 16.7 Å². The van der Waals surface area contributed by atoms with Gasteiger partial charge in [0.1, 0.15) is 6.10 Å². The van der Waals surface area contributed by atoms with Crippen LogP contribution in [-0.2, 0) is 16.0 Å². The molecule has 0 N–H and O–H groups in total. The molecule has 0 radical (unpaired) electrons. The van der Waals surface area contributed by atoms with Crippen LogP contribution < -0.4 is 0 Å². The maximum Gasteiger partial charge on any atom is 0.306 e. The molecule has 0 aromatic heterocycles. The summed E-state index contributed by atoms with van der Waals surface area (Å²) in [6, 6.07) is 6.11. The van der Waals surface area contributed by atoms with Gasteiger partial charge in [-0.2, -0.15) is 0 Å². The number of esters is 1. The standard InChI is InChI=1S/C13H14O2/c1-3-9-5-6-11-10(7-9)8-12(11)15-13(14)4-2/h3,5-7,12H,1,4,8H2,2H3. The lowest BCUT2D eigenvalue weighted by molar-refractivity contribution is -0.150. The van der Waals surface area contributed by atoms with E-state index in [-0.39, 0.29) is 12.1 Å². The highest BCUT2D eigenvalue weighted by Crippen LogP contribution is 2.36. The van der Waals surface area contributed by atoms with Gasteiger partial charge in [-0.25, -0.2) is 0 Å². The minimum Gasteiger partial charge on any atom is -0.457 e. The van der Waals surface area contributed by atoms with Crippen LogP contribution in [0.1, 0.15) is 36.1 Å². The molecule has 0 bridgehead atoms. The Balaban J connectivity index is 2.11. The fourth-order valence-corrected chi connectivity index (χ4v) is 1.77. The average molecular weight is 202 g/mol. The van der Waals surface area contributed by atoms with Crippen LogP contribution in [0.15, 0.2) is 24.8 Å². The third kappa shape index (κ3) is 1.80. The van der Waals surface area contributed by atoms with Gasteiger partial charge in [-0.3, -0.25) is 4.79 Å². The van der Waals surface area contributed by atoms with Crippen molar-refractivity contribution in [1.82, 2.24) is 0 Å². The molecular formula is C13H14O2. The molecular weight excluding hydrogens is 188 g/mol. The lowest BCUT2D eigenvalue weighted by atomic mass is 9.84. The van der Waals surface area contributed by atoms with Crippen LogP contribution in [0.4, 0.5) is 0 Å². The molecule has 1 aromatic rings. The molecule has 1 unspecified atom stereocenters. The number of hydrogen-bond acceptors (Lipinski definition) is 2. The Morgan fingerprint density at radius 1 is 1.67 bits per heavy atom. The predicted octanol–water partition coefficient (Wildman–Crippen LogP) is 2.88. The molecule has 0 spiro atoms. The van der Waals surface area contributed by atoms with Gasteiger partial charge in [0.2, 0.25) is 0 Å². The monoisotopic (exact) mass is 202 g/mol. The normalized spacial score (nSPS) is 17.5. The molecule has 0 heterocycles. The van der Waals surface area contributed by atoms with E-state index in [2.05, 4.69) is 12.6 Å². The van der Waals surface area contributed by atoms with E-state index in [4.69, 9.17) is 4.74 Å². The SMILES string of the molecule is C=Cc1ccc2c(c1)CC2OC(=O)CC. The van der Waals surface area contributed by atoms with Gasteiger partial charge in [0.25, 0.3) is 0 Å². The van der Waals surface area contributed by atoms with Crippen molar-refractivity contribution < 1.29 is 9.53 Å². The molecule has 2 nitrogen and oxygen atoms in total. The molecule has 0 saturated carbocycles. The van der Waals surface area contributed by atoms with Crippen molar-refractivity contribution in [2.24, 2.45) is 0 Å². The summed E-state index contributed by atoms with van der Waals surface area (Å²) in [6.45, 7) is 5.53. The lowest BCUT2D eigenvalue weighted by Gasteiger charge is -2.29. The minimum atomic E-state index is -0.126. The summed E-state index contributed by atoms with van der Waals surface area (Å²) < 4.78 is 5.27. The van der Waals surface area contributed by atoms with Gasteiger partial charge in [-0.15, -0.1) is 0 Å². The van der Waals surface area contributed by atoms with Crippen LogP contribution in [0.2, 0.25) is 0 Å². The summed E-state index contributed by atoms with van der Waals surface area (Å²) >= 11 is 0. The lowest BCUT2D eigenvalue weighted by Crippen LogP contribution is -2.22. The van der Waals surface area contributed by atoms with Crippen molar-refractivity contribution in [2.75, 3.05) is 0 Å². The number of benzene rings is 1. The highest BCUT2D eigenvalue weighted by molar-refractivity contribution is 5.69. The Morgan fingerprint density at radius 2 is 2.47 bits per heavy atom. The largest absolute Gasteiger partial charge is 0.457 e. The fourth-order valence-electron chi connectivity index (χ4n) is 1.77. The van der Waals surface area contributed by atoms with E-state index >= 15 is 0 Å². The number of carbonyl (C=O) groups excluding carboxylic acids is 1. The smallest absolute Gasteiger partial charge is 0.306 e. The summed E-state index contributed by atoms with van der Waals surface area (Å²) in [5, 5.41) is 0. The van der Waals surface area contributed by atoms with Gasteiger partial charge < -0.3 is 4.74 Å². The molecule has 0 amide bonds. The summed E-state index contributed by atoms with van der Waals surface area (Å²) in [5.41, 5.74) is 3.53. The van der Waals surface area contributed by atoms with Crippen molar-refractivity contribution in [1.29, 1.82) is 0 Å². The number of ether oxygens (including phenoxy) is 1. The number of rotatable bonds is 3. The second kappa shape index (κ2) is 3.89. The zero-order valence-electron chi connectivity index (χ0n) is 8.82. The predicted molar refractivity (Wildman–Crippen MR) is 59.4 cm³/mol. The Labute approximate surface area is 89.6 Å². The van der Waals surface area contributed by atoms with Gasteiger partial charge in [0.15, 0.2) is 0 Å². The van der Waals surface area contributed by atoms with Gasteiger partial charge >= 0.3 is 5.97 Å². The Morgan fingerprint density at radius 3 is 3.07 bits per heavy atom. The highest BCUT2D eigenvalue weighted by Gasteiger charge is 2.28. The molecule has 15 heavy (non-hydrogen) atoms. The first-order valence-corrected chi connectivity index (χ1v) is 5.19. The van der Waals surface area contributed by atoms with Crippen LogP contribution in [0.5, 0.6) is 0 Å². The minimum absolute atomic E-state index is 0.0219. The molecule has 1 atom stereocenters. The molecule has 1 aromatic carbocycles. The third-order valence-electron chi connectivity index (χ3n) is 2.72. The van der Waals surface area contributed by atoms with E-state index in [0.29, 0.717) is 6.42 Å². The summed E-state index contributed by atoms with van der Waals surface area (Å²) in [4.78, 5) is 11.1. The molecule has 78 valence electrons. The van der Waals surface area contributed by atoms with Gasteiger partial charge in [0, 0.05) is 12.8 Å². The first-order valence-electron chi connectivity index (χ1n) is 5.19. The Kier molecular flexibility index (Phi) is 2.58. The van der Waals surface area contributed by atoms with Crippen molar-refractivity contribution in [3.05, 3.63) is 41.5 Å². The average Bonchev–Trinajstić information content (AvgIpc) is 2.25. The highest BCUT2D eigenvalue weighted by atomic mass is 16.5. The van der Waals surface area contributed by atoms with Crippen LogP contribution >= 0.6 is 0 Å². The quantitative estimate of drug-likeness (QED) is 0.704. The number of carbonyl (C=O) groups is 1. The van der Waals surface area contributed by atoms with Gasteiger partial charge in [0.05, 0.1) is 0 Å². The second-order valence-corrected chi connectivity index (χ2v) is 3.70. The maximum atomic E-state index is 11.1. The van der Waals surface area contributed by atoms with Gasteiger partial charge in [-0.1, -0.05) is 37.8 Å². The summed E-state index contributed by atoms with van der Waals surface area (Å²) in [7, 11) is 0.